The molecule has 2 rings (SSSR count). The first-order chi connectivity index (χ1) is 10.6. The maximum Gasteiger partial charge on any atom is 0.471 e. The summed E-state index contributed by atoms with van der Waals surface area (Å²) < 4.78 is 51.4. The van der Waals surface area contributed by atoms with Crippen molar-refractivity contribution >= 4 is 12.0 Å². The van der Waals surface area contributed by atoms with E-state index in [1.54, 1.807) is 0 Å². The van der Waals surface area contributed by atoms with Gasteiger partial charge in [-0.05, 0) is 24.6 Å². The zero-order valence-electron chi connectivity index (χ0n) is 12.0. The van der Waals surface area contributed by atoms with Crippen LogP contribution in [0.5, 0.6) is 0 Å². The third-order valence-electron chi connectivity index (χ3n) is 3.74. The monoisotopic (exact) mass is 334 g/mol. The smallest absolute Gasteiger partial charge is 0.465 e. The fourth-order valence-electron chi connectivity index (χ4n) is 2.60. The van der Waals surface area contributed by atoms with Crippen LogP contribution in [0.1, 0.15) is 18.5 Å². The lowest BCUT2D eigenvalue weighted by molar-refractivity contribution is -0.191. The third kappa shape index (κ3) is 3.54. The fraction of sp³-hybridized carbons (Fsp3) is 0.429. The van der Waals surface area contributed by atoms with E-state index in [4.69, 9.17) is 5.11 Å². The molecule has 9 heteroatoms. The normalized spacial score (nSPS) is 22.1. The number of carbonyl (C=O) groups is 2. The predicted octanol–water partition coefficient (Wildman–Crippen LogP) is 2.64. The molecule has 1 N–H and O–H groups in total. The summed E-state index contributed by atoms with van der Waals surface area (Å²) in [6, 6.07) is 2.68. The molecule has 1 aromatic carbocycles. The highest BCUT2D eigenvalue weighted by atomic mass is 19.4. The van der Waals surface area contributed by atoms with E-state index in [0.717, 1.165) is 17.0 Å². The van der Waals surface area contributed by atoms with Crippen molar-refractivity contribution in [2.45, 2.75) is 25.2 Å². The van der Waals surface area contributed by atoms with Crippen LogP contribution >= 0.6 is 0 Å². The SMILES string of the molecule is C[C@@H]1CN(C(=O)C(F)(F)F)[C@@H](c2ccc(F)cc2)CN1C(=O)O. The number of amides is 2. The Hall–Kier alpha value is -2.32. The van der Waals surface area contributed by atoms with E-state index in [2.05, 4.69) is 0 Å². The van der Waals surface area contributed by atoms with E-state index in [9.17, 15) is 27.2 Å². The average molecular weight is 334 g/mol. The van der Waals surface area contributed by atoms with Crippen molar-refractivity contribution in [2.75, 3.05) is 13.1 Å². The lowest BCUT2D eigenvalue weighted by Crippen LogP contribution is -2.58. The first kappa shape index (κ1) is 17.0. The largest absolute Gasteiger partial charge is 0.471 e. The van der Waals surface area contributed by atoms with E-state index < -0.39 is 42.6 Å². The summed E-state index contributed by atoms with van der Waals surface area (Å²) in [5.74, 6) is -2.62. The number of rotatable bonds is 1. The van der Waals surface area contributed by atoms with Gasteiger partial charge in [-0.15, -0.1) is 0 Å². The van der Waals surface area contributed by atoms with Crippen LogP contribution in [0, 0.1) is 5.82 Å². The van der Waals surface area contributed by atoms with Crippen LogP contribution in [-0.2, 0) is 4.79 Å². The number of piperazine rings is 1. The molecule has 1 heterocycles. The molecule has 1 aliphatic rings. The Morgan fingerprint density at radius 2 is 1.70 bits per heavy atom. The number of hydrogen-bond donors (Lipinski definition) is 1. The van der Waals surface area contributed by atoms with Crippen LogP contribution in [-0.4, -0.2) is 52.2 Å². The van der Waals surface area contributed by atoms with Crippen LogP contribution in [0.15, 0.2) is 24.3 Å². The number of halogens is 4. The average Bonchev–Trinajstić information content (AvgIpc) is 2.46. The number of alkyl halides is 3. The minimum atomic E-state index is -5.07. The number of carboxylic acid groups (broad SMARTS) is 1. The summed E-state index contributed by atoms with van der Waals surface area (Å²) in [4.78, 5) is 24.4. The zero-order valence-corrected chi connectivity index (χ0v) is 12.0. The van der Waals surface area contributed by atoms with Crippen molar-refractivity contribution in [1.82, 2.24) is 9.80 Å². The van der Waals surface area contributed by atoms with E-state index in [1.165, 1.54) is 19.1 Å². The van der Waals surface area contributed by atoms with Gasteiger partial charge in [-0.25, -0.2) is 9.18 Å². The van der Waals surface area contributed by atoms with Gasteiger partial charge in [-0.3, -0.25) is 4.79 Å². The van der Waals surface area contributed by atoms with Crippen LogP contribution in [0.4, 0.5) is 22.4 Å². The van der Waals surface area contributed by atoms with Crippen molar-refractivity contribution in [3.8, 4) is 0 Å². The molecule has 1 aliphatic heterocycles. The minimum absolute atomic E-state index is 0.238. The molecule has 0 bridgehead atoms. The van der Waals surface area contributed by atoms with E-state index in [-0.39, 0.29) is 12.1 Å². The summed E-state index contributed by atoms with van der Waals surface area (Å²) in [7, 11) is 0. The molecule has 23 heavy (non-hydrogen) atoms. The summed E-state index contributed by atoms with van der Waals surface area (Å²) in [6.45, 7) is 0.711. The van der Waals surface area contributed by atoms with Gasteiger partial charge in [-0.1, -0.05) is 12.1 Å². The highest BCUT2D eigenvalue weighted by molar-refractivity contribution is 5.82. The van der Waals surface area contributed by atoms with Gasteiger partial charge in [0.25, 0.3) is 0 Å². The Bertz CT molecular complexity index is 603. The number of nitrogens with zero attached hydrogens (tertiary/aromatic N) is 2. The molecule has 5 nitrogen and oxygen atoms in total. The molecule has 2 atom stereocenters. The second-order valence-electron chi connectivity index (χ2n) is 5.31. The van der Waals surface area contributed by atoms with E-state index in [1.807, 2.05) is 0 Å². The first-order valence-electron chi connectivity index (χ1n) is 6.74. The van der Waals surface area contributed by atoms with Crippen molar-refractivity contribution in [3.63, 3.8) is 0 Å². The lowest BCUT2D eigenvalue weighted by atomic mass is 9.99. The second-order valence-corrected chi connectivity index (χ2v) is 5.31. The summed E-state index contributed by atoms with van der Waals surface area (Å²) in [6.07, 6.45) is -6.35. The third-order valence-corrected chi connectivity index (χ3v) is 3.74. The molecular weight excluding hydrogens is 320 g/mol. The Morgan fingerprint density at radius 3 is 2.17 bits per heavy atom. The van der Waals surface area contributed by atoms with Crippen molar-refractivity contribution in [2.24, 2.45) is 0 Å². The topological polar surface area (TPSA) is 60.9 Å². The molecule has 1 saturated heterocycles. The van der Waals surface area contributed by atoms with Gasteiger partial charge in [-0.2, -0.15) is 13.2 Å². The van der Waals surface area contributed by atoms with Crippen molar-refractivity contribution < 1.29 is 32.3 Å². The van der Waals surface area contributed by atoms with Gasteiger partial charge in [0.05, 0.1) is 6.04 Å². The summed E-state index contributed by atoms with van der Waals surface area (Å²) in [5, 5.41) is 9.14. The van der Waals surface area contributed by atoms with Crippen LogP contribution in [0.3, 0.4) is 0 Å². The van der Waals surface area contributed by atoms with Gasteiger partial charge in [0.15, 0.2) is 0 Å². The first-order valence-corrected chi connectivity index (χ1v) is 6.74. The van der Waals surface area contributed by atoms with E-state index >= 15 is 0 Å². The molecule has 0 unspecified atom stereocenters. The van der Waals surface area contributed by atoms with Gasteiger partial charge < -0.3 is 14.9 Å². The molecule has 1 fully saturated rings. The van der Waals surface area contributed by atoms with Crippen LogP contribution in [0.25, 0.3) is 0 Å². The van der Waals surface area contributed by atoms with Crippen molar-refractivity contribution in [1.29, 1.82) is 0 Å². The van der Waals surface area contributed by atoms with Crippen LogP contribution in [0.2, 0.25) is 0 Å². The molecule has 0 aromatic heterocycles. The predicted molar refractivity (Wildman–Crippen MR) is 71.1 cm³/mol. The molecule has 0 spiro atoms. The van der Waals surface area contributed by atoms with Gasteiger partial charge in [0, 0.05) is 19.1 Å². The molecule has 0 saturated carbocycles. The molecule has 0 aliphatic carbocycles. The summed E-state index contributed by atoms with van der Waals surface area (Å²) in [5.41, 5.74) is 0.238. The Labute approximate surface area is 129 Å². The number of benzene rings is 1. The standard InChI is InChI=1S/C14H14F4N2O3/c1-8-6-20(12(21)14(16,17)18)11(7-19(8)13(22)23)9-2-4-10(15)5-3-9/h2-5,8,11H,6-7H2,1H3,(H,22,23)/t8-,11-/m1/s1. The van der Waals surface area contributed by atoms with E-state index in [0.29, 0.717) is 4.90 Å². The Balaban J connectivity index is 2.39. The van der Waals surface area contributed by atoms with Gasteiger partial charge in [0.2, 0.25) is 0 Å². The molecule has 2 amide bonds. The second kappa shape index (κ2) is 6.05. The number of hydrogen-bond acceptors (Lipinski definition) is 2. The minimum Gasteiger partial charge on any atom is -0.465 e. The summed E-state index contributed by atoms with van der Waals surface area (Å²) >= 11 is 0. The van der Waals surface area contributed by atoms with Gasteiger partial charge >= 0.3 is 18.2 Å². The zero-order chi connectivity index (χ0) is 17.4. The quantitative estimate of drug-likeness (QED) is 0.803. The Morgan fingerprint density at radius 1 is 1.13 bits per heavy atom. The fourth-order valence-corrected chi connectivity index (χ4v) is 2.60. The van der Waals surface area contributed by atoms with Crippen molar-refractivity contribution in [3.05, 3.63) is 35.6 Å². The maximum atomic E-state index is 13.0. The maximum absolute atomic E-state index is 13.0. The molecular formula is C14H14F4N2O3. The van der Waals surface area contributed by atoms with Gasteiger partial charge in [0.1, 0.15) is 5.82 Å². The molecule has 126 valence electrons. The highest BCUT2D eigenvalue weighted by Crippen LogP contribution is 2.32. The molecule has 0 radical (unpaired) electrons. The lowest BCUT2D eigenvalue weighted by Gasteiger charge is -2.44. The Kier molecular flexibility index (Phi) is 4.49. The highest BCUT2D eigenvalue weighted by Gasteiger charge is 2.48. The number of carbonyl (C=O) groups excluding carboxylic acids is 1. The molecule has 1 aromatic rings. The van der Waals surface area contributed by atoms with Crippen LogP contribution < -0.4 is 0 Å².